The highest BCUT2D eigenvalue weighted by molar-refractivity contribution is 7.51. The van der Waals surface area contributed by atoms with Gasteiger partial charge in [-0.3, -0.25) is 14.7 Å². The smallest absolute Gasteiger partial charge is 0.376 e. The first-order valence-corrected chi connectivity index (χ1v) is 7.36. The topological polar surface area (TPSA) is 113 Å². The highest BCUT2D eigenvalue weighted by Gasteiger charge is 2.33. The molecule has 0 heterocycles. The fourth-order valence-electron chi connectivity index (χ4n) is 1.65. The van der Waals surface area contributed by atoms with Crippen LogP contribution in [0.15, 0.2) is 18.2 Å². The zero-order valence-electron chi connectivity index (χ0n) is 10.7. The number of halogens is 3. The molecule has 1 aromatic rings. The van der Waals surface area contributed by atoms with E-state index in [1.54, 1.807) is 0 Å². The number of hydrogen-bond acceptors (Lipinski definition) is 4. The van der Waals surface area contributed by atoms with Gasteiger partial charge in [0.2, 0.25) is 0 Å². The first kappa shape index (κ1) is 17.4. The van der Waals surface area contributed by atoms with Crippen molar-refractivity contribution in [1.29, 1.82) is 0 Å². The molecule has 0 spiro atoms. The van der Waals surface area contributed by atoms with Crippen LogP contribution in [0.1, 0.15) is 12.5 Å². The Balaban J connectivity index is 3.08. The van der Waals surface area contributed by atoms with E-state index in [9.17, 15) is 27.9 Å². The summed E-state index contributed by atoms with van der Waals surface area (Å²) in [6.45, 7) is 1.35. The van der Waals surface area contributed by atoms with Gasteiger partial charge in [-0.25, -0.2) is 0 Å². The number of nitro benzene ring substituents is 1. The Morgan fingerprint density at radius 2 is 2.00 bits per heavy atom. The van der Waals surface area contributed by atoms with Gasteiger partial charge in [0, 0.05) is 12.1 Å². The Kier molecular flexibility index (Phi) is 4.98. The van der Waals surface area contributed by atoms with Crippen molar-refractivity contribution in [1.82, 2.24) is 0 Å². The van der Waals surface area contributed by atoms with Crippen LogP contribution in [0.5, 0.6) is 0 Å². The second kappa shape index (κ2) is 6.00. The molecule has 0 saturated carbocycles. The molecule has 0 saturated heterocycles. The predicted molar refractivity (Wildman–Crippen MR) is 68.1 cm³/mol. The Bertz CT molecular complexity index is 587. The summed E-state index contributed by atoms with van der Waals surface area (Å²) in [5, 5.41) is 13.2. The van der Waals surface area contributed by atoms with E-state index in [1.165, 1.54) is 6.92 Å². The van der Waals surface area contributed by atoms with E-state index in [1.807, 2.05) is 0 Å². The van der Waals surface area contributed by atoms with Gasteiger partial charge < -0.3 is 15.1 Å². The Morgan fingerprint density at radius 3 is 2.43 bits per heavy atom. The summed E-state index contributed by atoms with van der Waals surface area (Å²) in [5.41, 5.74) is -2.24. The molecule has 0 aliphatic heterocycles. The Morgan fingerprint density at radius 1 is 1.43 bits per heavy atom. The molecule has 0 aromatic heterocycles. The molecular formula is C10H12F3N2O5P. The van der Waals surface area contributed by atoms with Gasteiger partial charge in [0.1, 0.15) is 5.69 Å². The Hall–Kier alpha value is -1.64. The van der Waals surface area contributed by atoms with Crippen molar-refractivity contribution in [3.05, 3.63) is 33.9 Å². The normalized spacial score (nSPS) is 13.8. The summed E-state index contributed by atoms with van der Waals surface area (Å²) < 4.78 is 48.3. The second-order valence-electron chi connectivity index (χ2n) is 4.38. The SMILES string of the molecule is CC(CP(=O)(O)O)Nc1ccc(C(F)(F)F)cc1[N+](=O)[O-]. The lowest BCUT2D eigenvalue weighted by Crippen LogP contribution is -2.20. The van der Waals surface area contributed by atoms with Gasteiger partial charge in [-0.1, -0.05) is 0 Å². The number of hydrogen-bond donors (Lipinski definition) is 3. The van der Waals surface area contributed by atoms with Crippen LogP contribution in [-0.4, -0.2) is 26.9 Å². The van der Waals surface area contributed by atoms with E-state index in [0.717, 1.165) is 6.07 Å². The van der Waals surface area contributed by atoms with Crippen molar-refractivity contribution in [2.75, 3.05) is 11.5 Å². The first-order chi connectivity index (χ1) is 9.40. The van der Waals surface area contributed by atoms with Crippen LogP contribution in [0.2, 0.25) is 0 Å². The van der Waals surface area contributed by atoms with Crippen LogP contribution in [0.3, 0.4) is 0 Å². The van der Waals surface area contributed by atoms with Gasteiger partial charge in [0.15, 0.2) is 0 Å². The van der Waals surface area contributed by atoms with Gasteiger partial charge in [-0.2, -0.15) is 13.2 Å². The van der Waals surface area contributed by atoms with E-state index in [2.05, 4.69) is 5.32 Å². The van der Waals surface area contributed by atoms with Gasteiger partial charge >= 0.3 is 13.8 Å². The van der Waals surface area contributed by atoms with Crippen molar-refractivity contribution in [3.63, 3.8) is 0 Å². The summed E-state index contributed by atoms with van der Waals surface area (Å²) in [6.07, 6.45) is -5.33. The number of nitro groups is 1. The maximum Gasteiger partial charge on any atom is 0.416 e. The number of benzene rings is 1. The van der Waals surface area contributed by atoms with Crippen molar-refractivity contribution in [2.45, 2.75) is 19.1 Å². The highest BCUT2D eigenvalue weighted by atomic mass is 31.2. The molecule has 118 valence electrons. The lowest BCUT2D eigenvalue weighted by atomic mass is 10.1. The van der Waals surface area contributed by atoms with Gasteiger partial charge in [-0.05, 0) is 19.1 Å². The first-order valence-electron chi connectivity index (χ1n) is 5.57. The fourth-order valence-corrected chi connectivity index (χ4v) is 2.45. The summed E-state index contributed by atoms with van der Waals surface area (Å²) in [7, 11) is -4.35. The van der Waals surface area contributed by atoms with E-state index in [-0.39, 0.29) is 5.69 Å². The number of anilines is 1. The van der Waals surface area contributed by atoms with E-state index < -0.39 is 42.1 Å². The van der Waals surface area contributed by atoms with Crippen molar-refractivity contribution in [2.24, 2.45) is 0 Å². The number of rotatable bonds is 5. The summed E-state index contributed by atoms with van der Waals surface area (Å²) in [6, 6.07) is 1.02. The standard InChI is InChI=1S/C10H12F3N2O5P/c1-6(5-21(18,19)20)14-8-3-2-7(10(11,12)13)4-9(8)15(16)17/h2-4,6,14H,5H2,1H3,(H2,18,19,20). The van der Waals surface area contributed by atoms with Crippen LogP contribution in [0, 0.1) is 10.1 Å². The largest absolute Gasteiger partial charge is 0.416 e. The number of nitrogens with zero attached hydrogens (tertiary/aromatic N) is 1. The van der Waals surface area contributed by atoms with Crippen molar-refractivity contribution < 1.29 is 32.4 Å². The average molecular weight is 328 g/mol. The van der Waals surface area contributed by atoms with Crippen molar-refractivity contribution >= 4 is 19.0 Å². The average Bonchev–Trinajstić information content (AvgIpc) is 2.24. The second-order valence-corrected chi connectivity index (χ2v) is 6.07. The van der Waals surface area contributed by atoms with Gasteiger partial charge in [0.25, 0.3) is 5.69 Å². The van der Waals surface area contributed by atoms with Crippen LogP contribution in [0.25, 0.3) is 0 Å². The molecule has 3 N–H and O–H groups in total. The third-order valence-electron chi connectivity index (χ3n) is 2.44. The van der Waals surface area contributed by atoms with Crippen LogP contribution in [0.4, 0.5) is 24.5 Å². The molecule has 1 atom stereocenters. The van der Waals surface area contributed by atoms with Crippen molar-refractivity contribution in [3.8, 4) is 0 Å². The zero-order chi connectivity index (χ0) is 16.4. The van der Waals surface area contributed by atoms with Crippen LogP contribution in [-0.2, 0) is 10.7 Å². The maximum atomic E-state index is 12.5. The molecule has 0 bridgehead atoms. The minimum atomic E-state index is -4.72. The van der Waals surface area contributed by atoms with E-state index in [4.69, 9.17) is 9.79 Å². The maximum absolute atomic E-state index is 12.5. The molecule has 1 unspecified atom stereocenters. The Labute approximate surface area is 117 Å². The lowest BCUT2D eigenvalue weighted by Gasteiger charge is -2.16. The van der Waals surface area contributed by atoms with Crippen LogP contribution < -0.4 is 5.32 Å². The predicted octanol–water partition coefficient (Wildman–Crippen LogP) is 2.59. The molecule has 7 nitrogen and oxygen atoms in total. The zero-order valence-corrected chi connectivity index (χ0v) is 11.6. The van der Waals surface area contributed by atoms with E-state index >= 15 is 0 Å². The molecule has 0 radical (unpaired) electrons. The molecule has 0 fully saturated rings. The van der Waals surface area contributed by atoms with Gasteiger partial charge in [-0.15, -0.1) is 0 Å². The number of nitrogens with one attached hydrogen (secondary N) is 1. The number of alkyl halides is 3. The summed E-state index contributed by atoms with van der Waals surface area (Å²) in [5.74, 6) is 0. The third-order valence-corrected chi connectivity index (χ3v) is 3.46. The molecular weight excluding hydrogens is 316 g/mol. The van der Waals surface area contributed by atoms with Crippen LogP contribution >= 0.6 is 7.60 Å². The summed E-state index contributed by atoms with van der Waals surface area (Å²) in [4.78, 5) is 27.4. The minimum absolute atomic E-state index is 0.242. The highest BCUT2D eigenvalue weighted by Crippen LogP contribution is 2.38. The summed E-state index contributed by atoms with van der Waals surface area (Å²) >= 11 is 0. The quantitative estimate of drug-likeness (QED) is 0.435. The molecule has 0 aliphatic rings. The lowest BCUT2D eigenvalue weighted by molar-refractivity contribution is -0.384. The molecule has 21 heavy (non-hydrogen) atoms. The van der Waals surface area contributed by atoms with Gasteiger partial charge in [0.05, 0.1) is 16.6 Å². The molecule has 1 aromatic carbocycles. The molecule has 11 heteroatoms. The van der Waals surface area contributed by atoms with E-state index in [0.29, 0.717) is 12.1 Å². The fraction of sp³-hybridized carbons (Fsp3) is 0.400. The molecule has 0 aliphatic carbocycles. The minimum Gasteiger partial charge on any atom is -0.376 e. The molecule has 0 amide bonds. The monoisotopic (exact) mass is 328 g/mol. The third kappa shape index (κ3) is 5.33. The molecule has 1 rings (SSSR count).